The molecule has 0 heterocycles. The van der Waals surface area contributed by atoms with Crippen LogP contribution in [0.3, 0.4) is 0 Å². The molecule has 2 amide bonds. The topological polar surface area (TPSA) is 98.2 Å². The Morgan fingerprint density at radius 1 is 1.32 bits per heavy atom. The quantitative estimate of drug-likeness (QED) is 0.535. The van der Waals surface area contributed by atoms with Crippen molar-refractivity contribution in [2.45, 2.75) is 18.5 Å². The minimum atomic E-state index is -0.885. The summed E-state index contributed by atoms with van der Waals surface area (Å²) in [6.07, 6.45) is 0.181. The van der Waals surface area contributed by atoms with E-state index in [4.69, 9.17) is 11.5 Å². The number of thiol groups is 1. The summed E-state index contributed by atoms with van der Waals surface area (Å²) in [6.45, 7) is 0. The summed E-state index contributed by atoms with van der Waals surface area (Å²) in [5, 5.41) is 2.45. The van der Waals surface area contributed by atoms with E-state index >= 15 is 0 Å². The molecule has 1 aromatic carbocycles. The number of primary amides is 1. The van der Waals surface area contributed by atoms with Crippen molar-refractivity contribution in [1.82, 2.24) is 5.32 Å². The van der Waals surface area contributed by atoms with E-state index in [1.54, 1.807) is 0 Å². The second kappa shape index (κ2) is 7.10. The van der Waals surface area contributed by atoms with E-state index in [0.717, 1.165) is 0 Å². The summed E-state index contributed by atoms with van der Waals surface area (Å²) < 4.78 is 12.8. The molecule has 2 atom stereocenters. The highest BCUT2D eigenvalue weighted by Gasteiger charge is 2.21. The van der Waals surface area contributed by atoms with Gasteiger partial charge in [0.15, 0.2) is 0 Å². The maximum Gasteiger partial charge on any atom is 0.240 e. The molecule has 0 aliphatic rings. The molecule has 19 heavy (non-hydrogen) atoms. The lowest BCUT2D eigenvalue weighted by molar-refractivity contribution is -0.127. The van der Waals surface area contributed by atoms with Crippen LogP contribution in [-0.2, 0) is 16.0 Å². The van der Waals surface area contributed by atoms with Crippen molar-refractivity contribution in [3.8, 4) is 0 Å². The average molecular weight is 285 g/mol. The number of carbonyl (C=O) groups excluding carboxylic acids is 2. The summed E-state index contributed by atoms with van der Waals surface area (Å²) in [5.41, 5.74) is 11.4. The van der Waals surface area contributed by atoms with Gasteiger partial charge >= 0.3 is 0 Å². The van der Waals surface area contributed by atoms with E-state index in [2.05, 4.69) is 17.9 Å². The lowest BCUT2D eigenvalue weighted by Gasteiger charge is -2.17. The number of carbonyl (C=O) groups is 2. The zero-order valence-electron chi connectivity index (χ0n) is 10.2. The molecule has 7 heteroatoms. The molecule has 0 unspecified atom stereocenters. The average Bonchev–Trinajstić information content (AvgIpc) is 2.39. The Kier molecular flexibility index (Phi) is 5.78. The molecule has 0 aliphatic carbocycles. The third-order valence-electron chi connectivity index (χ3n) is 2.55. The van der Waals surface area contributed by atoms with Crippen LogP contribution in [0.2, 0.25) is 0 Å². The first-order valence-electron chi connectivity index (χ1n) is 5.64. The van der Waals surface area contributed by atoms with Crippen LogP contribution in [0.4, 0.5) is 4.39 Å². The van der Waals surface area contributed by atoms with E-state index in [1.807, 2.05) is 0 Å². The van der Waals surface area contributed by atoms with E-state index in [0.29, 0.717) is 5.56 Å². The maximum atomic E-state index is 12.8. The van der Waals surface area contributed by atoms with Gasteiger partial charge in [0.1, 0.15) is 11.9 Å². The molecule has 0 bridgehead atoms. The first kappa shape index (κ1) is 15.5. The van der Waals surface area contributed by atoms with Crippen molar-refractivity contribution >= 4 is 24.4 Å². The van der Waals surface area contributed by atoms with E-state index in [9.17, 15) is 14.0 Å². The number of nitrogens with two attached hydrogens (primary N) is 2. The van der Waals surface area contributed by atoms with Crippen LogP contribution < -0.4 is 16.8 Å². The van der Waals surface area contributed by atoms with Gasteiger partial charge in [0.05, 0.1) is 6.04 Å². The Morgan fingerprint density at radius 2 is 1.89 bits per heavy atom. The monoisotopic (exact) mass is 285 g/mol. The van der Waals surface area contributed by atoms with Crippen LogP contribution in [-0.4, -0.2) is 29.7 Å². The molecule has 0 aliphatic heterocycles. The minimum Gasteiger partial charge on any atom is -0.368 e. The summed E-state index contributed by atoms with van der Waals surface area (Å²) in [6, 6.07) is 3.90. The van der Waals surface area contributed by atoms with Gasteiger partial charge < -0.3 is 16.8 Å². The van der Waals surface area contributed by atoms with Gasteiger partial charge in [-0.05, 0) is 17.7 Å². The molecule has 1 aromatic rings. The largest absolute Gasteiger partial charge is 0.368 e. The highest BCUT2D eigenvalue weighted by molar-refractivity contribution is 7.80. The van der Waals surface area contributed by atoms with Gasteiger partial charge in [-0.15, -0.1) is 0 Å². The fourth-order valence-corrected chi connectivity index (χ4v) is 1.61. The van der Waals surface area contributed by atoms with Crippen LogP contribution in [0.25, 0.3) is 0 Å². The molecule has 5 N–H and O–H groups in total. The zero-order chi connectivity index (χ0) is 14.4. The van der Waals surface area contributed by atoms with Gasteiger partial charge in [0.25, 0.3) is 0 Å². The summed E-state index contributed by atoms with van der Waals surface area (Å²) in [7, 11) is 0. The Hall–Kier alpha value is -1.60. The van der Waals surface area contributed by atoms with Crippen LogP contribution >= 0.6 is 12.6 Å². The third-order valence-corrected chi connectivity index (χ3v) is 2.94. The molecule has 0 fully saturated rings. The summed E-state index contributed by atoms with van der Waals surface area (Å²) in [5.74, 6) is -1.39. The normalized spacial score (nSPS) is 13.6. The molecule has 0 spiro atoms. The predicted molar refractivity (Wildman–Crippen MR) is 73.1 cm³/mol. The predicted octanol–water partition coefficient (Wildman–Crippen LogP) is -0.405. The maximum absolute atomic E-state index is 12.8. The number of rotatable bonds is 6. The van der Waals surface area contributed by atoms with Gasteiger partial charge in [-0.1, -0.05) is 12.1 Å². The smallest absolute Gasteiger partial charge is 0.240 e. The lowest BCUT2D eigenvalue weighted by Crippen LogP contribution is -2.51. The highest BCUT2D eigenvalue weighted by atomic mass is 32.1. The van der Waals surface area contributed by atoms with Crippen LogP contribution in [0.5, 0.6) is 0 Å². The van der Waals surface area contributed by atoms with Crippen molar-refractivity contribution in [3.05, 3.63) is 35.6 Å². The Bertz CT molecular complexity index is 453. The van der Waals surface area contributed by atoms with Crippen LogP contribution in [0, 0.1) is 5.82 Å². The zero-order valence-corrected chi connectivity index (χ0v) is 11.1. The van der Waals surface area contributed by atoms with Gasteiger partial charge in [-0.3, -0.25) is 9.59 Å². The molecule has 5 nitrogen and oxygen atoms in total. The highest BCUT2D eigenvalue weighted by Crippen LogP contribution is 2.06. The van der Waals surface area contributed by atoms with Gasteiger partial charge in [-0.2, -0.15) is 12.6 Å². The molecule has 0 aromatic heterocycles. The van der Waals surface area contributed by atoms with Gasteiger partial charge in [0, 0.05) is 12.2 Å². The fourth-order valence-electron chi connectivity index (χ4n) is 1.44. The second-order valence-electron chi connectivity index (χ2n) is 4.08. The van der Waals surface area contributed by atoms with Crippen molar-refractivity contribution in [2.24, 2.45) is 11.5 Å². The Morgan fingerprint density at radius 3 is 2.37 bits per heavy atom. The van der Waals surface area contributed by atoms with Crippen molar-refractivity contribution in [3.63, 3.8) is 0 Å². The number of nitrogens with one attached hydrogen (secondary N) is 1. The molecule has 1 rings (SSSR count). The van der Waals surface area contributed by atoms with Gasteiger partial charge in [-0.25, -0.2) is 4.39 Å². The number of amides is 2. The molecule has 0 saturated heterocycles. The lowest BCUT2D eigenvalue weighted by atomic mass is 10.1. The summed E-state index contributed by atoms with van der Waals surface area (Å²) in [4.78, 5) is 22.9. The van der Waals surface area contributed by atoms with Crippen LogP contribution in [0.15, 0.2) is 24.3 Å². The van der Waals surface area contributed by atoms with E-state index in [1.165, 1.54) is 24.3 Å². The van der Waals surface area contributed by atoms with E-state index < -0.39 is 23.9 Å². The van der Waals surface area contributed by atoms with Crippen molar-refractivity contribution < 1.29 is 14.0 Å². The number of benzene rings is 1. The van der Waals surface area contributed by atoms with E-state index in [-0.39, 0.29) is 18.0 Å². The Labute approximate surface area is 115 Å². The molecular weight excluding hydrogens is 269 g/mol. The van der Waals surface area contributed by atoms with Crippen molar-refractivity contribution in [1.29, 1.82) is 0 Å². The third kappa shape index (κ3) is 4.88. The molecule has 0 saturated carbocycles. The second-order valence-corrected chi connectivity index (χ2v) is 4.45. The van der Waals surface area contributed by atoms with Crippen molar-refractivity contribution in [2.75, 3.05) is 5.75 Å². The Balaban J connectivity index is 2.71. The fraction of sp³-hybridized carbons (Fsp3) is 0.333. The molecule has 0 radical (unpaired) electrons. The first-order valence-corrected chi connectivity index (χ1v) is 6.28. The minimum absolute atomic E-state index is 0.161. The molecule has 104 valence electrons. The number of hydrogen-bond acceptors (Lipinski definition) is 4. The number of hydrogen-bond donors (Lipinski definition) is 4. The SMILES string of the molecule is NC(=O)[C@H](Cc1ccc(F)cc1)NC(=O)[C@@H](N)CS. The number of halogens is 1. The van der Waals surface area contributed by atoms with Gasteiger partial charge in [0.2, 0.25) is 11.8 Å². The van der Waals surface area contributed by atoms with Crippen LogP contribution in [0.1, 0.15) is 5.56 Å². The summed E-state index contributed by atoms with van der Waals surface area (Å²) >= 11 is 3.90. The molecular formula is C12H16FN3O2S. The first-order chi connectivity index (χ1) is 8.93. The standard InChI is InChI=1S/C12H16FN3O2S/c13-8-3-1-7(2-4-8)5-10(11(15)17)16-12(18)9(14)6-19/h1-4,9-10,19H,5-6,14H2,(H2,15,17)(H,16,18)/t9-,10-/m0/s1.